The van der Waals surface area contributed by atoms with E-state index in [9.17, 15) is 4.79 Å². The van der Waals surface area contributed by atoms with Crippen molar-refractivity contribution in [2.24, 2.45) is 5.41 Å². The van der Waals surface area contributed by atoms with Gasteiger partial charge >= 0.3 is 5.97 Å². The fourth-order valence-electron chi connectivity index (χ4n) is 2.86. The SMILES string of the molecule is COCc1cc(N2CCC(C)(C(=O)OC)C2)n2ncnc2n1. The summed E-state index contributed by atoms with van der Waals surface area (Å²) in [4.78, 5) is 22.6. The number of anilines is 1. The van der Waals surface area contributed by atoms with Crippen LogP contribution in [0.2, 0.25) is 0 Å². The van der Waals surface area contributed by atoms with Crippen molar-refractivity contribution < 1.29 is 14.3 Å². The van der Waals surface area contributed by atoms with Crippen molar-refractivity contribution in [3.8, 4) is 0 Å². The molecule has 1 atom stereocenters. The van der Waals surface area contributed by atoms with Gasteiger partial charge in [-0.15, -0.1) is 0 Å². The number of hydrogen-bond donors (Lipinski definition) is 0. The van der Waals surface area contributed by atoms with Gasteiger partial charge in [-0.25, -0.2) is 4.98 Å². The van der Waals surface area contributed by atoms with E-state index in [4.69, 9.17) is 9.47 Å². The molecular formula is C14H19N5O3. The van der Waals surface area contributed by atoms with Gasteiger partial charge in [-0.1, -0.05) is 0 Å². The Morgan fingerprint density at radius 1 is 1.45 bits per heavy atom. The molecule has 1 fully saturated rings. The summed E-state index contributed by atoms with van der Waals surface area (Å²) in [6.45, 7) is 3.65. The highest BCUT2D eigenvalue weighted by molar-refractivity contribution is 5.78. The molecule has 22 heavy (non-hydrogen) atoms. The molecule has 2 aromatic heterocycles. The number of carbonyl (C=O) groups is 1. The van der Waals surface area contributed by atoms with E-state index in [0.29, 0.717) is 18.9 Å². The molecule has 0 radical (unpaired) electrons. The second kappa shape index (κ2) is 5.53. The van der Waals surface area contributed by atoms with Crippen LogP contribution in [0.1, 0.15) is 19.0 Å². The van der Waals surface area contributed by atoms with E-state index >= 15 is 0 Å². The molecule has 8 heteroatoms. The number of methoxy groups -OCH3 is 2. The van der Waals surface area contributed by atoms with Gasteiger partial charge in [0.25, 0.3) is 5.78 Å². The van der Waals surface area contributed by atoms with Crippen molar-refractivity contribution in [1.82, 2.24) is 19.6 Å². The molecule has 2 aromatic rings. The number of rotatable bonds is 4. The van der Waals surface area contributed by atoms with Crippen LogP contribution >= 0.6 is 0 Å². The summed E-state index contributed by atoms with van der Waals surface area (Å²) in [6.07, 6.45) is 2.20. The number of hydrogen-bond acceptors (Lipinski definition) is 7. The minimum absolute atomic E-state index is 0.184. The maximum absolute atomic E-state index is 12.0. The molecule has 118 valence electrons. The minimum Gasteiger partial charge on any atom is -0.469 e. The molecule has 0 amide bonds. The van der Waals surface area contributed by atoms with Gasteiger partial charge in [0.2, 0.25) is 0 Å². The monoisotopic (exact) mass is 305 g/mol. The Kier molecular flexibility index (Phi) is 3.69. The van der Waals surface area contributed by atoms with Gasteiger partial charge in [0, 0.05) is 26.3 Å². The summed E-state index contributed by atoms with van der Waals surface area (Å²) in [6, 6.07) is 1.92. The topological polar surface area (TPSA) is 81.8 Å². The van der Waals surface area contributed by atoms with E-state index in [1.165, 1.54) is 13.4 Å². The van der Waals surface area contributed by atoms with Crippen molar-refractivity contribution in [2.75, 3.05) is 32.2 Å². The second-order valence-corrected chi connectivity index (χ2v) is 5.73. The zero-order valence-corrected chi connectivity index (χ0v) is 12.9. The molecule has 0 spiro atoms. The largest absolute Gasteiger partial charge is 0.469 e. The number of ether oxygens (including phenoxy) is 2. The molecule has 1 saturated heterocycles. The van der Waals surface area contributed by atoms with Crippen LogP contribution in [0.25, 0.3) is 5.78 Å². The third-order valence-corrected chi connectivity index (χ3v) is 4.05. The van der Waals surface area contributed by atoms with Crippen molar-refractivity contribution in [2.45, 2.75) is 20.0 Å². The summed E-state index contributed by atoms with van der Waals surface area (Å²) in [5.74, 6) is 1.20. The lowest BCUT2D eigenvalue weighted by molar-refractivity contribution is -0.150. The average molecular weight is 305 g/mol. The molecule has 0 saturated carbocycles. The van der Waals surface area contributed by atoms with Gasteiger partial charge in [0.1, 0.15) is 12.1 Å². The molecule has 0 N–H and O–H groups in total. The molecule has 0 aliphatic carbocycles. The molecule has 1 aliphatic heterocycles. The van der Waals surface area contributed by atoms with E-state index in [1.54, 1.807) is 11.6 Å². The Morgan fingerprint density at radius 3 is 3.00 bits per heavy atom. The van der Waals surface area contributed by atoms with Crippen molar-refractivity contribution in [3.05, 3.63) is 18.1 Å². The number of aromatic nitrogens is 4. The van der Waals surface area contributed by atoms with Gasteiger partial charge in [-0.2, -0.15) is 14.6 Å². The van der Waals surface area contributed by atoms with E-state index in [0.717, 1.165) is 24.5 Å². The Morgan fingerprint density at radius 2 is 2.27 bits per heavy atom. The first-order valence-electron chi connectivity index (χ1n) is 7.09. The van der Waals surface area contributed by atoms with Gasteiger partial charge in [0.15, 0.2) is 0 Å². The molecular weight excluding hydrogens is 286 g/mol. The summed E-state index contributed by atoms with van der Waals surface area (Å²) in [5.41, 5.74) is 0.275. The highest BCUT2D eigenvalue weighted by Gasteiger charge is 2.42. The fourth-order valence-corrected chi connectivity index (χ4v) is 2.86. The summed E-state index contributed by atoms with van der Waals surface area (Å²) >= 11 is 0. The third kappa shape index (κ3) is 2.39. The van der Waals surface area contributed by atoms with Crippen LogP contribution in [-0.2, 0) is 20.9 Å². The predicted molar refractivity (Wildman–Crippen MR) is 78.4 cm³/mol. The van der Waals surface area contributed by atoms with E-state index in [2.05, 4.69) is 20.0 Å². The van der Waals surface area contributed by atoms with Crippen LogP contribution in [0.15, 0.2) is 12.4 Å². The van der Waals surface area contributed by atoms with Gasteiger partial charge in [0.05, 0.1) is 24.8 Å². The highest BCUT2D eigenvalue weighted by atomic mass is 16.5. The molecule has 1 unspecified atom stereocenters. The Bertz CT molecular complexity index is 701. The molecule has 8 nitrogen and oxygen atoms in total. The standard InChI is InChI=1S/C14H19N5O3/c1-14(12(20)22-3)4-5-18(8-14)11-6-10(7-21-2)17-13-15-9-16-19(11)13/h6,9H,4-5,7-8H2,1-3H3. The lowest BCUT2D eigenvalue weighted by Gasteiger charge is -2.23. The molecule has 1 aliphatic rings. The first-order valence-corrected chi connectivity index (χ1v) is 7.09. The fraction of sp³-hybridized carbons (Fsp3) is 0.571. The van der Waals surface area contributed by atoms with Crippen LogP contribution in [0.4, 0.5) is 5.82 Å². The van der Waals surface area contributed by atoms with Crippen molar-refractivity contribution >= 4 is 17.6 Å². The second-order valence-electron chi connectivity index (χ2n) is 5.73. The summed E-state index contributed by atoms with van der Waals surface area (Å²) in [5, 5.41) is 4.22. The number of carbonyl (C=O) groups excluding carboxylic acids is 1. The van der Waals surface area contributed by atoms with Crippen LogP contribution in [-0.4, -0.2) is 52.9 Å². The van der Waals surface area contributed by atoms with Crippen LogP contribution < -0.4 is 4.90 Å². The van der Waals surface area contributed by atoms with E-state index in [-0.39, 0.29) is 5.97 Å². The Hall–Kier alpha value is -2.22. The molecule has 0 bridgehead atoms. The van der Waals surface area contributed by atoms with Gasteiger partial charge < -0.3 is 14.4 Å². The first kappa shape index (κ1) is 14.7. The molecule has 3 heterocycles. The van der Waals surface area contributed by atoms with Crippen LogP contribution in [0.5, 0.6) is 0 Å². The smallest absolute Gasteiger partial charge is 0.313 e. The summed E-state index contributed by atoms with van der Waals surface area (Å²) in [7, 11) is 3.05. The summed E-state index contributed by atoms with van der Waals surface area (Å²) < 4.78 is 11.8. The lowest BCUT2D eigenvalue weighted by Crippen LogP contribution is -2.33. The van der Waals surface area contributed by atoms with E-state index < -0.39 is 5.41 Å². The van der Waals surface area contributed by atoms with Crippen LogP contribution in [0, 0.1) is 5.41 Å². The van der Waals surface area contributed by atoms with Crippen LogP contribution in [0.3, 0.4) is 0 Å². The number of fused-ring (bicyclic) bond motifs is 1. The van der Waals surface area contributed by atoms with Crippen molar-refractivity contribution in [1.29, 1.82) is 0 Å². The molecule has 0 aromatic carbocycles. The molecule has 3 rings (SSSR count). The average Bonchev–Trinajstić information content (AvgIpc) is 3.13. The Balaban J connectivity index is 1.96. The normalized spacial score (nSPS) is 21.5. The zero-order chi connectivity index (χ0) is 15.7. The number of esters is 1. The Labute approximate surface area is 128 Å². The number of nitrogens with zero attached hydrogens (tertiary/aromatic N) is 5. The maximum Gasteiger partial charge on any atom is 0.313 e. The maximum atomic E-state index is 12.0. The zero-order valence-electron chi connectivity index (χ0n) is 12.9. The predicted octanol–water partition coefficient (Wildman–Crippen LogP) is 0.660. The third-order valence-electron chi connectivity index (χ3n) is 4.05. The first-order chi connectivity index (χ1) is 10.6. The highest BCUT2D eigenvalue weighted by Crippen LogP contribution is 2.34. The van der Waals surface area contributed by atoms with Gasteiger partial charge in [-0.3, -0.25) is 4.79 Å². The lowest BCUT2D eigenvalue weighted by atomic mass is 9.90. The van der Waals surface area contributed by atoms with Gasteiger partial charge in [-0.05, 0) is 13.3 Å². The minimum atomic E-state index is -0.508. The quantitative estimate of drug-likeness (QED) is 0.767. The van der Waals surface area contributed by atoms with Crippen molar-refractivity contribution in [3.63, 3.8) is 0 Å². The van der Waals surface area contributed by atoms with E-state index in [1.807, 2.05) is 13.0 Å².